The fourth-order valence-electron chi connectivity index (χ4n) is 6.80. The van der Waals surface area contributed by atoms with Crippen LogP contribution in [0.4, 0.5) is 0 Å². The molecular weight excluding hydrogens is 846 g/mol. The molecule has 0 bridgehead atoms. The Bertz CT molecular complexity index is 1400. The molecule has 0 aromatic heterocycles. The minimum atomic E-state index is -4.90. The van der Waals surface area contributed by atoms with Crippen LogP contribution in [-0.4, -0.2) is 104 Å². The molecule has 1 aliphatic carbocycles. The summed E-state index contributed by atoms with van der Waals surface area (Å²) in [6.45, 7) is 1.34. The van der Waals surface area contributed by atoms with E-state index in [0.29, 0.717) is 32.1 Å². The smallest absolute Gasteiger partial charge is 0.462 e. The van der Waals surface area contributed by atoms with E-state index in [1.807, 2.05) is 6.08 Å². The summed E-state index contributed by atoms with van der Waals surface area (Å²) in [7, 11) is -9.78. The van der Waals surface area contributed by atoms with Gasteiger partial charge < -0.3 is 44.6 Å². The van der Waals surface area contributed by atoms with E-state index < -0.39 is 84.5 Å². The van der Waals surface area contributed by atoms with Gasteiger partial charge in [0, 0.05) is 25.2 Å². The molecule has 8 atom stereocenters. The highest BCUT2D eigenvalue weighted by atomic mass is 31.2. The second kappa shape index (κ2) is 35.2. The third kappa shape index (κ3) is 31.7. The first kappa shape index (κ1) is 58.0. The maximum absolute atomic E-state index is 12.8. The molecule has 0 amide bonds. The normalized spacial score (nSPS) is 21.0. The summed E-state index contributed by atoms with van der Waals surface area (Å²) in [6, 6.07) is 0. The fraction of sp³-hybridized carbons (Fsp3) is 0.773. The lowest BCUT2D eigenvalue weighted by molar-refractivity contribution is -0.161. The lowest BCUT2D eigenvalue weighted by atomic mass is 9.88. The molecule has 360 valence electrons. The first-order chi connectivity index (χ1) is 29.6. The summed E-state index contributed by atoms with van der Waals surface area (Å²) in [5, 5.41) is 41.2. The molecule has 0 spiro atoms. The van der Waals surface area contributed by atoms with Crippen molar-refractivity contribution in [2.45, 2.75) is 179 Å². The zero-order valence-corrected chi connectivity index (χ0v) is 38.8. The molecule has 0 radical (unpaired) electrons. The number of esters is 2. The molecule has 1 fully saturated rings. The van der Waals surface area contributed by atoms with E-state index >= 15 is 0 Å². The van der Waals surface area contributed by atoms with Crippen LogP contribution in [0.25, 0.3) is 0 Å². The summed E-state index contributed by atoms with van der Waals surface area (Å²) < 4.78 is 47.8. The first-order valence-electron chi connectivity index (χ1n) is 22.6. The number of allylic oxidation sites excluding steroid dienone is 6. The number of unbranched alkanes of at least 4 members (excludes halogenated alkanes) is 10. The predicted molar refractivity (Wildman–Crippen MR) is 236 cm³/mol. The van der Waals surface area contributed by atoms with Gasteiger partial charge in [-0.2, -0.15) is 0 Å². The van der Waals surface area contributed by atoms with E-state index in [0.717, 1.165) is 64.2 Å². The molecule has 18 heteroatoms. The third-order valence-electron chi connectivity index (χ3n) is 10.3. The van der Waals surface area contributed by atoms with Crippen LogP contribution in [0.2, 0.25) is 0 Å². The van der Waals surface area contributed by atoms with Gasteiger partial charge in [0.15, 0.2) is 6.10 Å². The van der Waals surface area contributed by atoms with E-state index in [4.69, 9.17) is 23.8 Å². The van der Waals surface area contributed by atoms with Crippen molar-refractivity contribution < 1.29 is 76.9 Å². The van der Waals surface area contributed by atoms with Crippen molar-refractivity contribution in [3.05, 3.63) is 48.6 Å². The van der Waals surface area contributed by atoms with Crippen LogP contribution >= 0.6 is 15.6 Å². The Labute approximate surface area is 369 Å². The van der Waals surface area contributed by atoms with Crippen molar-refractivity contribution in [2.24, 2.45) is 11.8 Å². The average molecular weight is 925 g/mol. The minimum absolute atomic E-state index is 0.00493. The maximum Gasteiger partial charge on any atom is 0.472 e. The van der Waals surface area contributed by atoms with E-state index in [2.05, 4.69) is 59.4 Å². The molecule has 0 heterocycles. The quantitative estimate of drug-likeness (QED) is 0.0135. The number of hydrogen-bond donors (Lipinski definition) is 7. The highest BCUT2D eigenvalue weighted by Crippen LogP contribution is 2.44. The molecule has 1 rings (SSSR count). The molecule has 0 saturated heterocycles. The van der Waals surface area contributed by atoms with Gasteiger partial charge in [-0.05, 0) is 70.1 Å². The Morgan fingerprint density at radius 3 is 1.89 bits per heavy atom. The maximum atomic E-state index is 12.8. The lowest BCUT2D eigenvalue weighted by Crippen LogP contribution is -2.30. The Balaban J connectivity index is 2.57. The van der Waals surface area contributed by atoms with Crippen molar-refractivity contribution in [1.29, 1.82) is 0 Å². The Morgan fingerprint density at radius 1 is 0.661 bits per heavy atom. The number of carbonyl (C=O) groups excluding carboxylic acids is 2. The minimum Gasteiger partial charge on any atom is -0.462 e. The molecule has 1 unspecified atom stereocenters. The zero-order valence-electron chi connectivity index (χ0n) is 37.0. The van der Waals surface area contributed by atoms with Crippen LogP contribution < -0.4 is 0 Å². The van der Waals surface area contributed by atoms with Crippen LogP contribution in [0, 0.1) is 11.8 Å². The van der Waals surface area contributed by atoms with Crippen LogP contribution in [0.15, 0.2) is 48.6 Å². The fourth-order valence-corrected chi connectivity index (χ4v) is 7.96. The summed E-state index contributed by atoms with van der Waals surface area (Å²) in [5.41, 5.74) is 0. The van der Waals surface area contributed by atoms with Gasteiger partial charge in [0.1, 0.15) is 12.7 Å². The molecule has 1 aliphatic rings. The second-order valence-electron chi connectivity index (χ2n) is 15.9. The number of rotatable bonds is 38. The number of ether oxygens (including phenoxy) is 2. The van der Waals surface area contributed by atoms with Gasteiger partial charge in [-0.15, -0.1) is 0 Å². The van der Waals surface area contributed by atoms with E-state index in [1.165, 1.54) is 19.3 Å². The van der Waals surface area contributed by atoms with Crippen molar-refractivity contribution in [1.82, 2.24) is 0 Å². The average Bonchev–Trinajstić information content (AvgIpc) is 3.49. The molecule has 1 saturated carbocycles. The van der Waals surface area contributed by atoms with Gasteiger partial charge in [0.05, 0.1) is 38.1 Å². The van der Waals surface area contributed by atoms with Gasteiger partial charge in [-0.1, -0.05) is 114 Å². The number of aliphatic hydroxyl groups excluding tert-OH is 4. The van der Waals surface area contributed by atoms with Gasteiger partial charge in [0.25, 0.3) is 0 Å². The van der Waals surface area contributed by atoms with Crippen LogP contribution in [0.3, 0.4) is 0 Å². The highest BCUT2D eigenvalue weighted by Gasteiger charge is 2.39. The number of aliphatic hydroxyl groups is 4. The summed E-state index contributed by atoms with van der Waals surface area (Å²) in [6.07, 6.45) is 27.4. The Morgan fingerprint density at radius 2 is 1.23 bits per heavy atom. The van der Waals surface area contributed by atoms with Gasteiger partial charge in [-0.3, -0.25) is 23.2 Å². The van der Waals surface area contributed by atoms with Crippen LogP contribution in [0.5, 0.6) is 0 Å². The van der Waals surface area contributed by atoms with E-state index in [-0.39, 0.29) is 31.1 Å². The molecule has 16 nitrogen and oxygen atoms in total. The summed E-state index contributed by atoms with van der Waals surface area (Å²) in [4.78, 5) is 52.9. The van der Waals surface area contributed by atoms with E-state index in [1.54, 1.807) is 6.08 Å². The SMILES string of the molecule is CCCCC/C=C\C/C=C\C/C=C\CCCCC(=O)OC[C@H](COP(=O)(O)OC[C@@H](O)COP(=O)(O)O)OC(=O)CCCCCC[C@@H]1[C@@H](/C=C/[C@@H](O)CCCCC)[C@H](O)C[C@@H]1O. The predicted octanol–water partition coefficient (Wildman–Crippen LogP) is 7.83. The third-order valence-corrected chi connectivity index (χ3v) is 11.7. The Kier molecular flexibility index (Phi) is 33.0. The van der Waals surface area contributed by atoms with Gasteiger partial charge in [0.2, 0.25) is 0 Å². The number of carbonyl (C=O) groups is 2. The van der Waals surface area contributed by atoms with Crippen molar-refractivity contribution in [3.63, 3.8) is 0 Å². The molecule has 62 heavy (non-hydrogen) atoms. The molecular formula is C44H78O16P2. The summed E-state index contributed by atoms with van der Waals surface area (Å²) in [5.74, 6) is -1.62. The molecule has 0 aromatic rings. The standard InChI is InChI=1S/C44H78O16P2/c1-3-5-7-8-9-10-11-12-13-14-15-16-17-18-23-27-43(49)56-34-38(35-59-62(54,55)58-33-37(46)32-57-61(51,52)53)60-44(50)28-24-20-19-22-26-39-40(42(48)31-41(39)47)30-29-36(45)25-21-6-4-2/h9-10,12-13,15-16,29-30,36-42,45-48H,3-8,11,14,17-28,31-35H2,1-2H3,(H,54,55)(H2,51,52,53)/b10-9-,13-12-,16-15-,30-29+/t36-,37-,38+,39+,40+,41-,42+/m0/s1. The van der Waals surface area contributed by atoms with Crippen molar-refractivity contribution in [2.75, 3.05) is 26.4 Å². The van der Waals surface area contributed by atoms with Gasteiger partial charge in [-0.25, -0.2) is 9.13 Å². The lowest BCUT2D eigenvalue weighted by Gasteiger charge is -2.21. The van der Waals surface area contributed by atoms with E-state index in [9.17, 15) is 44.0 Å². The van der Waals surface area contributed by atoms with Crippen molar-refractivity contribution >= 4 is 27.6 Å². The molecule has 7 N–H and O–H groups in total. The largest absolute Gasteiger partial charge is 0.472 e. The number of phosphoric ester groups is 2. The monoisotopic (exact) mass is 924 g/mol. The zero-order chi connectivity index (χ0) is 46.1. The second-order valence-corrected chi connectivity index (χ2v) is 18.6. The van der Waals surface area contributed by atoms with Crippen LogP contribution in [-0.2, 0) is 41.8 Å². The Hall–Kier alpha value is -2.04. The van der Waals surface area contributed by atoms with Crippen LogP contribution in [0.1, 0.15) is 149 Å². The van der Waals surface area contributed by atoms with Crippen molar-refractivity contribution in [3.8, 4) is 0 Å². The first-order valence-corrected chi connectivity index (χ1v) is 25.6. The molecule has 0 aliphatic heterocycles. The summed E-state index contributed by atoms with van der Waals surface area (Å²) >= 11 is 0. The van der Waals surface area contributed by atoms with Gasteiger partial charge >= 0.3 is 27.6 Å². The molecule has 0 aromatic carbocycles. The number of phosphoric acid groups is 2. The highest BCUT2D eigenvalue weighted by molar-refractivity contribution is 7.47. The number of hydrogen-bond acceptors (Lipinski definition) is 13. The topological polar surface area (TPSA) is 256 Å².